The molecule has 2 aliphatic heterocycles. The van der Waals surface area contributed by atoms with Crippen LogP contribution in [0.1, 0.15) is 24.8 Å². The number of hydrogen-bond acceptors (Lipinski definition) is 4. The molecule has 2 aliphatic rings. The van der Waals surface area contributed by atoms with Crippen molar-refractivity contribution in [3.63, 3.8) is 0 Å². The number of likely N-dealkylation sites (tertiary alicyclic amines) is 1. The second-order valence-electron chi connectivity index (χ2n) is 6.60. The van der Waals surface area contributed by atoms with Crippen molar-refractivity contribution in [2.75, 3.05) is 24.6 Å². The van der Waals surface area contributed by atoms with E-state index in [0.29, 0.717) is 0 Å². The third-order valence-corrected chi connectivity index (χ3v) is 6.45. The van der Waals surface area contributed by atoms with Crippen LogP contribution >= 0.6 is 0 Å². The molecule has 2 heterocycles. The summed E-state index contributed by atoms with van der Waals surface area (Å²) in [5, 5.41) is 2.91. The van der Waals surface area contributed by atoms with Gasteiger partial charge in [0.25, 0.3) is 0 Å². The first-order valence-corrected chi connectivity index (χ1v) is 10.3. The van der Waals surface area contributed by atoms with Crippen molar-refractivity contribution < 1.29 is 13.2 Å². The van der Waals surface area contributed by atoms with Crippen LogP contribution in [0.3, 0.4) is 0 Å². The minimum Gasteiger partial charge on any atom is -0.347 e. The van der Waals surface area contributed by atoms with Crippen LogP contribution in [-0.4, -0.2) is 55.9 Å². The molecule has 0 unspecified atom stereocenters. The van der Waals surface area contributed by atoms with Crippen LogP contribution < -0.4 is 5.32 Å². The minimum absolute atomic E-state index is 0.0408. The number of nitrogens with one attached hydrogen (secondary N) is 1. The van der Waals surface area contributed by atoms with Crippen LogP contribution in [-0.2, 0) is 14.6 Å². The van der Waals surface area contributed by atoms with E-state index < -0.39 is 9.84 Å². The van der Waals surface area contributed by atoms with Crippen molar-refractivity contribution in [1.82, 2.24) is 10.2 Å². The van der Waals surface area contributed by atoms with Crippen LogP contribution in [0, 0.1) is 0 Å². The second-order valence-corrected chi connectivity index (χ2v) is 8.75. The van der Waals surface area contributed by atoms with E-state index in [-0.39, 0.29) is 29.5 Å². The maximum absolute atomic E-state index is 12.2. The number of benzene rings is 1. The molecule has 0 bridgehead atoms. The largest absolute Gasteiger partial charge is 0.347 e. The standard InChI is InChI=1S/C18H24N2O3S/c21-18(10-9-15-7-3-1-4-8-15)19-16-13-24(22,23)14-17(16)20-11-5-2-6-12-20/h1,3-4,7-10,16-17H,2,5-6,11-14H2,(H,19,21)/b10-9-/t16-,17-/m1/s1. The summed E-state index contributed by atoms with van der Waals surface area (Å²) in [4.78, 5) is 14.4. The molecule has 2 fully saturated rings. The summed E-state index contributed by atoms with van der Waals surface area (Å²) < 4.78 is 24.1. The minimum atomic E-state index is -3.09. The number of carbonyl (C=O) groups excluding carboxylic acids is 1. The molecule has 130 valence electrons. The van der Waals surface area contributed by atoms with Gasteiger partial charge in [-0.1, -0.05) is 36.8 Å². The van der Waals surface area contributed by atoms with Gasteiger partial charge in [-0.25, -0.2) is 8.42 Å². The van der Waals surface area contributed by atoms with Gasteiger partial charge < -0.3 is 5.32 Å². The van der Waals surface area contributed by atoms with E-state index >= 15 is 0 Å². The summed E-state index contributed by atoms with van der Waals surface area (Å²) in [6.45, 7) is 1.85. The Labute approximate surface area is 143 Å². The molecule has 1 aromatic carbocycles. The first-order chi connectivity index (χ1) is 11.5. The Kier molecular flexibility index (Phi) is 5.36. The van der Waals surface area contributed by atoms with Gasteiger partial charge in [0, 0.05) is 12.1 Å². The van der Waals surface area contributed by atoms with Gasteiger partial charge in [0.15, 0.2) is 9.84 Å². The van der Waals surface area contributed by atoms with E-state index in [1.54, 1.807) is 6.08 Å². The van der Waals surface area contributed by atoms with Crippen molar-refractivity contribution >= 4 is 21.8 Å². The normalized spacial score (nSPS) is 27.3. The SMILES string of the molecule is O=C(/C=C\c1ccccc1)N[C@@H]1CS(=O)(=O)C[C@H]1N1CCCCC1. The maximum atomic E-state index is 12.2. The fourth-order valence-corrected chi connectivity index (χ4v) is 5.50. The summed E-state index contributed by atoms with van der Waals surface area (Å²) in [7, 11) is -3.09. The van der Waals surface area contributed by atoms with E-state index in [2.05, 4.69) is 10.2 Å². The van der Waals surface area contributed by atoms with Gasteiger partial charge in [0.05, 0.1) is 17.5 Å². The molecule has 0 aliphatic carbocycles. The van der Waals surface area contributed by atoms with Gasteiger partial charge in [-0.2, -0.15) is 0 Å². The zero-order valence-electron chi connectivity index (χ0n) is 13.7. The Morgan fingerprint density at radius 1 is 1.08 bits per heavy atom. The molecule has 0 spiro atoms. The highest BCUT2D eigenvalue weighted by Gasteiger charge is 2.41. The molecular formula is C18H24N2O3S. The summed E-state index contributed by atoms with van der Waals surface area (Å²) in [6.07, 6.45) is 6.63. The number of piperidine rings is 1. The predicted octanol–water partition coefficient (Wildman–Crippen LogP) is 1.47. The fraction of sp³-hybridized carbons (Fsp3) is 0.500. The van der Waals surface area contributed by atoms with Crippen molar-refractivity contribution in [1.29, 1.82) is 0 Å². The van der Waals surface area contributed by atoms with Gasteiger partial charge in [-0.05, 0) is 37.6 Å². The first kappa shape index (κ1) is 17.2. The molecule has 1 N–H and O–H groups in total. The number of hydrogen-bond donors (Lipinski definition) is 1. The summed E-state index contributed by atoms with van der Waals surface area (Å²) in [5.74, 6) is -0.0395. The Bertz CT molecular complexity index is 694. The lowest BCUT2D eigenvalue weighted by Gasteiger charge is -2.34. The molecule has 3 rings (SSSR count). The van der Waals surface area contributed by atoms with E-state index in [1.807, 2.05) is 30.3 Å². The highest BCUT2D eigenvalue weighted by molar-refractivity contribution is 7.91. The molecular weight excluding hydrogens is 324 g/mol. The summed E-state index contributed by atoms with van der Waals surface area (Å²) >= 11 is 0. The predicted molar refractivity (Wildman–Crippen MR) is 95.3 cm³/mol. The zero-order chi connectivity index (χ0) is 17.0. The number of nitrogens with zero attached hydrogens (tertiary/aromatic N) is 1. The third kappa shape index (κ3) is 4.45. The topological polar surface area (TPSA) is 66.5 Å². The first-order valence-electron chi connectivity index (χ1n) is 8.52. The van der Waals surface area contributed by atoms with Gasteiger partial charge in [0.2, 0.25) is 5.91 Å². The highest BCUT2D eigenvalue weighted by Crippen LogP contribution is 2.22. The van der Waals surface area contributed by atoms with Crippen molar-refractivity contribution in [2.24, 2.45) is 0 Å². The molecule has 6 heteroatoms. The zero-order valence-corrected chi connectivity index (χ0v) is 14.5. The molecule has 2 saturated heterocycles. The van der Waals surface area contributed by atoms with Crippen LogP contribution in [0.25, 0.3) is 6.08 Å². The molecule has 0 radical (unpaired) electrons. The monoisotopic (exact) mass is 348 g/mol. The molecule has 1 aromatic rings. The Morgan fingerprint density at radius 3 is 2.50 bits per heavy atom. The highest BCUT2D eigenvalue weighted by atomic mass is 32.2. The molecule has 1 amide bonds. The van der Waals surface area contributed by atoms with E-state index in [9.17, 15) is 13.2 Å². The van der Waals surface area contributed by atoms with Gasteiger partial charge >= 0.3 is 0 Å². The van der Waals surface area contributed by atoms with E-state index in [1.165, 1.54) is 12.5 Å². The van der Waals surface area contributed by atoms with Crippen LogP contribution in [0.2, 0.25) is 0 Å². The van der Waals surface area contributed by atoms with E-state index in [0.717, 1.165) is 31.5 Å². The molecule has 0 saturated carbocycles. The molecule has 24 heavy (non-hydrogen) atoms. The smallest absolute Gasteiger partial charge is 0.244 e. The average molecular weight is 348 g/mol. The number of rotatable bonds is 4. The van der Waals surface area contributed by atoms with Gasteiger partial charge in [-0.3, -0.25) is 9.69 Å². The van der Waals surface area contributed by atoms with E-state index in [4.69, 9.17) is 0 Å². The lowest BCUT2D eigenvalue weighted by Crippen LogP contribution is -2.52. The summed E-state index contributed by atoms with van der Waals surface area (Å²) in [5.41, 5.74) is 0.944. The van der Waals surface area contributed by atoms with Crippen LogP contribution in [0.4, 0.5) is 0 Å². The third-order valence-electron chi connectivity index (χ3n) is 4.74. The molecule has 2 atom stereocenters. The van der Waals surface area contributed by atoms with Crippen LogP contribution in [0.15, 0.2) is 36.4 Å². The number of amides is 1. The maximum Gasteiger partial charge on any atom is 0.244 e. The lowest BCUT2D eigenvalue weighted by molar-refractivity contribution is -0.117. The fourth-order valence-electron chi connectivity index (χ4n) is 3.54. The second kappa shape index (κ2) is 7.49. The quantitative estimate of drug-likeness (QED) is 0.837. The Balaban J connectivity index is 1.65. The molecule has 0 aromatic heterocycles. The lowest BCUT2D eigenvalue weighted by atomic mass is 10.0. The van der Waals surface area contributed by atoms with Crippen molar-refractivity contribution in [3.8, 4) is 0 Å². The van der Waals surface area contributed by atoms with Gasteiger partial charge in [0.1, 0.15) is 0 Å². The average Bonchev–Trinajstić information content (AvgIpc) is 2.89. The van der Waals surface area contributed by atoms with Crippen molar-refractivity contribution in [3.05, 3.63) is 42.0 Å². The number of sulfone groups is 1. The number of carbonyl (C=O) groups is 1. The Morgan fingerprint density at radius 2 is 1.79 bits per heavy atom. The Hall–Kier alpha value is -1.66. The van der Waals surface area contributed by atoms with Crippen molar-refractivity contribution in [2.45, 2.75) is 31.3 Å². The van der Waals surface area contributed by atoms with Gasteiger partial charge in [-0.15, -0.1) is 0 Å². The molecule has 5 nitrogen and oxygen atoms in total. The van der Waals surface area contributed by atoms with Crippen LogP contribution in [0.5, 0.6) is 0 Å². The summed E-state index contributed by atoms with van der Waals surface area (Å²) in [6, 6.07) is 9.16.